The number of nitrogens with one attached hydrogen (secondary N) is 2. The number of hydrogen-bond donors (Lipinski definition) is 2. The van der Waals surface area contributed by atoms with Gasteiger partial charge in [-0.2, -0.15) is 0 Å². The second-order valence-electron chi connectivity index (χ2n) is 7.38. The summed E-state index contributed by atoms with van der Waals surface area (Å²) in [6.45, 7) is 1.89. The van der Waals surface area contributed by atoms with Crippen molar-refractivity contribution in [3.05, 3.63) is 59.8 Å². The molecule has 2 aromatic rings. The molecule has 27 heavy (non-hydrogen) atoms. The van der Waals surface area contributed by atoms with Crippen LogP contribution in [0.25, 0.3) is 0 Å². The van der Waals surface area contributed by atoms with E-state index in [1.54, 1.807) is 29.4 Å². The average molecular weight is 371 g/mol. The zero-order chi connectivity index (χ0) is 18.9. The number of halogens is 1. The largest absolute Gasteiger partial charge is 0.467 e. The Morgan fingerprint density at radius 2 is 2.11 bits per heavy atom. The molecule has 1 aromatic heterocycles. The van der Waals surface area contributed by atoms with Gasteiger partial charge in [0.2, 0.25) is 5.91 Å². The van der Waals surface area contributed by atoms with E-state index in [2.05, 4.69) is 10.6 Å². The maximum atomic E-state index is 13.2. The molecular formula is C20H22FN3O3. The summed E-state index contributed by atoms with van der Waals surface area (Å²) < 4.78 is 18.4. The van der Waals surface area contributed by atoms with E-state index in [-0.39, 0.29) is 35.6 Å². The molecule has 1 saturated carbocycles. The van der Waals surface area contributed by atoms with E-state index < -0.39 is 0 Å². The van der Waals surface area contributed by atoms with E-state index in [1.165, 1.54) is 12.1 Å². The molecule has 0 bridgehead atoms. The third-order valence-corrected chi connectivity index (χ3v) is 5.53. The number of carbonyl (C=O) groups excluding carboxylic acids is 2. The Labute approximate surface area is 156 Å². The second-order valence-corrected chi connectivity index (χ2v) is 7.38. The molecule has 142 valence electrons. The fourth-order valence-electron chi connectivity index (χ4n) is 3.89. The highest BCUT2D eigenvalue weighted by Crippen LogP contribution is 2.58. The highest BCUT2D eigenvalue weighted by Gasteiger charge is 2.61. The minimum absolute atomic E-state index is 0.0217. The predicted octanol–water partition coefficient (Wildman–Crippen LogP) is 2.66. The van der Waals surface area contributed by atoms with Gasteiger partial charge in [0.15, 0.2) is 0 Å². The highest BCUT2D eigenvalue weighted by atomic mass is 19.1. The third-order valence-electron chi connectivity index (χ3n) is 5.53. The summed E-state index contributed by atoms with van der Waals surface area (Å²) in [6.07, 6.45) is 3.22. The van der Waals surface area contributed by atoms with E-state index in [0.29, 0.717) is 19.6 Å². The minimum Gasteiger partial charge on any atom is -0.467 e. The van der Waals surface area contributed by atoms with Gasteiger partial charge in [-0.15, -0.1) is 0 Å². The number of benzene rings is 1. The van der Waals surface area contributed by atoms with Crippen LogP contribution in [0.2, 0.25) is 0 Å². The first-order chi connectivity index (χ1) is 13.1. The number of amides is 3. The van der Waals surface area contributed by atoms with Gasteiger partial charge in [0.05, 0.1) is 12.8 Å². The number of carbonyl (C=O) groups is 2. The highest BCUT2D eigenvalue weighted by molar-refractivity contribution is 5.83. The standard InChI is InChI=1S/C20H22FN3O3/c21-15-4-1-3-14(9-15)11-23-19(26)24-7-6-20(13-24)10-17(20)18(25)22-12-16-5-2-8-27-16/h1-5,8-9,17H,6-7,10-13H2,(H,22,25)(H,23,26)/t17-,20+/m1/s1. The van der Waals surface area contributed by atoms with Gasteiger partial charge in [-0.3, -0.25) is 4.79 Å². The summed E-state index contributed by atoms with van der Waals surface area (Å²) in [5.74, 6) is 0.382. The summed E-state index contributed by atoms with van der Waals surface area (Å²) in [4.78, 5) is 26.5. The van der Waals surface area contributed by atoms with Crippen molar-refractivity contribution in [2.75, 3.05) is 13.1 Å². The van der Waals surface area contributed by atoms with Crippen LogP contribution in [0.15, 0.2) is 47.1 Å². The zero-order valence-corrected chi connectivity index (χ0v) is 14.9. The van der Waals surface area contributed by atoms with E-state index in [4.69, 9.17) is 4.42 Å². The fourth-order valence-corrected chi connectivity index (χ4v) is 3.89. The molecule has 6 nitrogen and oxygen atoms in total. The Bertz CT molecular complexity index is 839. The monoisotopic (exact) mass is 371 g/mol. The van der Waals surface area contributed by atoms with Crippen LogP contribution in [-0.4, -0.2) is 29.9 Å². The molecule has 0 radical (unpaired) electrons. The summed E-state index contributed by atoms with van der Waals surface area (Å²) in [5.41, 5.74) is 0.627. The predicted molar refractivity (Wildman–Crippen MR) is 95.9 cm³/mol. The molecule has 1 aromatic carbocycles. The molecule has 2 heterocycles. The normalized spacial score (nSPS) is 23.4. The summed E-state index contributed by atoms with van der Waals surface area (Å²) >= 11 is 0. The number of likely N-dealkylation sites (tertiary alicyclic amines) is 1. The first-order valence-corrected chi connectivity index (χ1v) is 9.13. The first kappa shape index (κ1) is 17.6. The minimum atomic E-state index is -0.316. The topological polar surface area (TPSA) is 74.6 Å². The molecule has 1 spiro atoms. The summed E-state index contributed by atoms with van der Waals surface area (Å²) in [5, 5.41) is 5.74. The van der Waals surface area contributed by atoms with Crippen molar-refractivity contribution in [3.63, 3.8) is 0 Å². The van der Waals surface area contributed by atoms with Crippen LogP contribution < -0.4 is 10.6 Å². The molecule has 2 aliphatic rings. The Hall–Kier alpha value is -2.83. The van der Waals surface area contributed by atoms with Crippen LogP contribution >= 0.6 is 0 Å². The van der Waals surface area contributed by atoms with E-state index in [0.717, 1.165) is 24.2 Å². The maximum Gasteiger partial charge on any atom is 0.317 e. The van der Waals surface area contributed by atoms with E-state index in [9.17, 15) is 14.0 Å². The molecule has 0 unspecified atom stereocenters. The Morgan fingerprint density at radius 3 is 2.89 bits per heavy atom. The van der Waals surface area contributed by atoms with Crippen molar-refractivity contribution in [3.8, 4) is 0 Å². The van der Waals surface area contributed by atoms with Crippen molar-refractivity contribution in [1.29, 1.82) is 0 Å². The van der Waals surface area contributed by atoms with Gasteiger partial charge in [0.25, 0.3) is 0 Å². The molecule has 4 rings (SSSR count). The van der Waals surface area contributed by atoms with Crippen LogP contribution in [-0.2, 0) is 17.9 Å². The lowest BCUT2D eigenvalue weighted by Gasteiger charge is -2.17. The first-order valence-electron chi connectivity index (χ1n) is 9.13. The lowest BCUT2D eigenvalue weighted by Crippen LogP contribution is -2.38. The van der Waals surface area contributed by atoms with Crippen LogP contribution in [0.1, 0.15) is 24.2 Å². The van der Waals surface area contributed by atoms with Gasteiger partial charge in [0.1, 0.15) is 11.6 Å². The lowest BCUT2D eigenvalue weighted by atomic mass is 10.0. The second kappa shape index (κ2) is 7.06. The van der Waals surface area contributed by atoms with Gasteiger partial charge in [-0.25, -0.2) is 9.18 Å². The SMILES string of the molecule is O=C(NCc1ccco1)[C@H]1C[C@]12CCN(C(=O)NCc1cccc(F)c1)C2. The molecule has 2 atom stereocenters. The number of hydrogen-bond acceptors (Lipinski definition) is 3. The zero-order valence-electron chi connectivity index (χ0n) is 14.9. The summed E-state index contributed by atoms with van der Waals surface area (Å²) in [7, 11) is 0. The molecule has 2 N–H and O–H groups in total. The molecule has 1 aliphatic carbocycles. The maximum absolute atomic E-state index is 13.2. The lowest BCUT2D eigenvalue weighted by molar-refractivity contribution is -0.123. The molecule has 2 fully saturated rings. The van der Waals surface area contributed by atoms with Gasteiger partial charge in [0, 0.05) is 31.0 Å². The number of rotatable bonds is 5. The average Bonchev–Trinajstić information content (AvgIpc) is 3.01. The molecule has 1 aliphatic heterocycles. The number of urea groups is 1. The van der Waals surface area contributed by atoms with Crippen molar-refractivity contribution < 1.29 is 18.4 Å². The van der Waals surface area contributed by atoms with Crippen LogP contribution in [0.3, 0.4) is 0 Å². The number of furan rings is 1. The van der Waals surface area contributed by atoms with Crippen LogP contribution in [0.4, 0.5) is 9.18 Å². The number of nitrogens with zero attached hydrogens (tertiary/aromatic N) is 1. The van der Waals surface area contributed by atoms with Gasteiger partial charge in [-0.05, 0) is 42.7 Å². The molecular weight excluding hydrogens is 349 g/mol. The van der Waals surface area contributed by atoms with E-state index >= 15 is 0 Å². The van der Waals surface area contributed by atoms with Gasteiger partial charge >= 0.3 is 6.03 Å². The van der Waals surface area contributed by atoms with Crippen molar-refractivity contribution in [2.24, 2.45) is 11.3 Å². The molecule has 7 heteroatoms. The van der Waals surface area contributed by atoms with Gasteiger partial charge in [-0.1, -0.05) is 12.1 Å². The van der Waals surface area contributed by atoms with Crippen molar-refractivity contribution in [2.45, 2.75) is 25.9 Å². The summed E-state index contributed by atoms with van der Waals surface area (Å²) in [6, 6.07) is 9.62. The molecule has 3 amide bonds. The third kappa shape index (κ3) is 3.82. The van der Waals surface area contributed by atoms with Crippen molar-refractivity contribution in [1.82, 2.24) is 15.5 Å². The van der Waals surface area contributed by atoms with Crippen LogP contribution in [0, 0.1) is 17.2 Å². The smallest absolute Gasteiger partial charge is 0.317 e. The fraction of sp³-hybridized carbons (Fsp3) is 0.400. The Kier molecular flexibility index (Phi) is 4.59. The van der Waals surface area contributed by atoms with Crippen LogP contribution in [0.5, 0.6) is 0 Å². The Balaban J connectivity index is 1.25. The molecule has 1 saturated heterocycles. The quantitative estimate of drug-likeness (QED) is 0.849. The van der Waals surface area contributed by atoms with Crippen molar-refractivity contribution >= 4 is 11.9 Å². The van der Waals surface area contributed by atoms with E-state index in [1.807, 2.05) is 6.07 Å². The Morgan fingerprint density at radius 1 is 1.22 bits per heavy atom. The van der Waals surface area contributed by atoms with Gasteiger partial charge < -0.3 is 20.0 Å².